The summed E-state index contributed by atoms with van der Waals surface area (Å²) in [6, 6.07) is 5.90. The lowest BCUT2D eigenvalue weighted by molar-refractivity contribution is -0.116. The van der Waals surface area contributed by atoms with E-state index in [4.69, 9.17) is 5.73 Å². The second-order valence-electron chi connectivity index (χ2n) is 6.43. The Morgan fingerprint density at radius 2 is 2.00 bits per heavy atom. The van der Waals surface area contributed by atoms with E-state index in [-0.39, 0.29) is 5.91 Å². The predicted octanol–water partition coefficient (Wildman–Crippen LogP) is 2.93. The lowest BCUT2D eigenvalue weighted by Gasteiger charge is -2.12. The molecule has 0 atom stereocenters. The molecule has 0 bridgehead atoms. The largest absolute Gasteiger partial charge is 0.365 e. The number of anilines is 1. The molecular formula is C19H20IN5O2. The minimum atomic E-state index is -0.559. The number of primary amides is 1. The molecule has 0 radical (unpaired) electrons. The summed E-state index contributed by atoms with van der Waals surface area (Å²) in [5.41, 5.74) is 10.5. The van der Waals surface area contributed by atoms with Gasteiger partial charge >= 0.3 is 0 Å². The summed E-state index contributed by atoms with van der Waals surface area (Å²) < 4.78 is 2.73. The number of halogens is 1. The fourth-order valence-electron chi connectivity index (χ4n) is 3.07. The van der Waals surface area contributed by atoms with Crippen molar-refractivity contribution in [2.45, 2.75) is 33.6 Å². The monoisotopic (exact) mass is 477 g/mol. The molecule has 27 heavy (non-hydrogen) atoms. The van der Waals surface area contributed by atoms with Crippen molar-refractivity contribution < 1.29 is 9.59 Å². The van der Waals surface area contributed by atoms with Gasteiger partial charge in [-0.1, -0.05) is 0 Å². The number of carbonyl (C=O) groups is 2. The molecule has 3 N–H and O–H groups in total. The van der Waals surface area contributed by atoms with Gasteiger partial charge in [-0.3, -0.25) is 9.59 Å². The number of nitrogens with one attached hydrogen (secondary N) is 1. The molecule has 3 rings (SSSR count). The van der Waals surface area contributed by atoms with Crippen LogP contribution in [0.5, 0.6) is 0 Å². The molecule has 2 heterocycles. The zero-order chi connectivity index (χ0) is 19.7. The van der Waals surface area contributed by atoms with E-state index in [1.54, 1.807) is 4.52 Å². The molecule has 1 aromatic carbocycles. The Balaban J connectivity index is 1.78. The van der Waals surface area contributed by atoms with Gasteiger partial charge in [-0.2, -0.15) is 5.10 Å². The highest BCUT2D eigenvalue weighted by Gasteiger charge is 2.17. The van der Waals surface area contributed by atoms with Crippen LogP contribution in [0.2, 0.25) is 0 Å². The van der Waals surface area contributed by atoms with E-state index in [0.29, 0.717) is 24.1 Å². The summed E-state index contributed by atoms with van der Waals surface area (Å²) in [6.45, 7) is 5.73. The van der Waals surface area contributed by atoms with Gasteiger partial charge in [0.1, 0.15) is 5.56 Å². The van der Waals surface area contributed by atoms with E-state index in [1.807, 2.05) is 39.0 Å². The number of amides is 2. The van der Waals surface area contributed by atoms with Gasteiger partial charge in [-0.25, -0.2) is 9.50 Å². The molecule has 8 heteroatoms. The first-order valence-electron chi connectivity index (χ1n) is 8.47. The Bertz CT molecular complexity index is 1060. The minimum absolute atomic E-state index is 0.0588. The van der Waals surface area contributed by atoms with E-state index < -0.39 is 5.91 Å². The zero-order valence-electron chi connectivity index (χ0n) is 15.3. The number of fused-ring (bicyclic) bond motifs is 1. The van der Waals surface area contributed by atoms with Crippen LogP contribution < -0.4 is 11.1 Å². The van der Waals surface area contributed by atoms with Crippen LogP contribution in [0.3, 0.4) is 0 Å². The molecule has 3 aromatic rings. The molecule has 0 saturated heterocycles. The number of aromatic nitrogens is 3. The first-order valence-corrected chi connectivity index (χ1v) is 9.55. The van der Waals surface area contributed by atoms with Crippen molar-refractivity contribution in [2.75, 3.05) is 5.32 Å². The molecule has 0 aliphatic heterocycles. The SMILES string of the molecule is Cc1cc(I)ccc1NC(=O)CCc1c(C)nc2c(C(N)=O)cnn2c1C. The summed E-state index contributed by atoms with van der Waals surface area (Å²) in [6.07, 6.45) is 2.28. The number of carbonyl (C=O) groups excluding carboxylic acids is 2. The van der Waals surface area contributed by atoms with Crippen LogP contribution >= 0.6 is 22.6 Å². The molecule has 0 aliphatic rings. The van der Waals surface area contributed by atoms with Crippen molar-refractivity contribution in [3.63, 3.8) is 0 Å². The van der Waals surface area contributed by atoms with Crippen molar-refractivity contribution >= 4 is 45.7 Å². The van der Waals surface area contributed by atoms with E-state index in [0.717, 1.165) is 31.8 Å². The molecule has 2 amide bonds. The van der Waals surface area contributed by atoms with Crippen LogP contribution in [0.25, 0.3) is 5.65 Å². The molecule has 0 unspecified atom stereocenters. The molecule has 2 aromatic heterocycles. The zero-order valence-corrected chi connectivity index (χ0v) is 17.5. The third kappa shape index (κ3) is 3.95. The highest BCUT2D eigenvalue weighted by atomic mass is 127. The van der Waals surface area contributed by atoms with Crippen LogP contribution in [0.1, 0.15) is 39.3 Å². The number of rotatable bonds is 5. The first-order chi connectivity index (χ1) is 12.8. The van der Waals surface area contributed by atoms with Crippen LogP contribution in [-0.2, 0) is 11.2 Å². The number of nitrogens with zero attached hydrogens (tertiary/aromatic N) is 3. The van der Waals surface area contributed by atoms with E-state index in [9.17, 15) is 9.59 Å². The highest BCUT2D eigenvalue weighted by molar-refractivity contribution is 14.1. The summed E-state index contributed by atoms with van der Waals surface area (Å²) in [7, 11) is 0. The topological polar surface area (TPSA) is 102 Å². The van der Waals surface area contributed by atoms with E-state index in [1.165, 1.54) is 6.20 Å². The summed E-state index contributed by atoms with van der Waals surface area (Å²) in [4.78, 5) is 28.4. The van der Waals surface area contributed by atoms with Crippen molar-refractivity contribution in [3.05, 3.63) is 56.0 Å². The molecule has 0 saturated carbocycles. The summed E-state index contributed by atoms with van der Waals surface area (Å²) >= 11 is 2.24. The van der Waals surface area contributed by atoms with Crippen LogP contribution in [0, 0.1) is 24.3 Å². The molecule has 0 aliphatic carbocycles. The maximum Gasteiger partial charge on any atom is 0.254 e. The fraction of sp³-hybridized carbons (Fsp3) is 0.263. The van der Waals surface area contributed by atoms with Gasteiger partial charge in [-0.05, 0) is 79.1 Å². The fourth-order valence-corrected chi connectivity index (χ4v) is 3.71. The van der Waals surface area contributed by atoms with Gasteiger partial charge < -0.3 is 11.1 Å². The maximum absolute atomic E-state index is 12.4. The molecule has 0 fully saturated rings. The van der Waals surface area contributed by atoms with Crippen LogP contribution in [0.4, 0.5) is 5.69 Å². The molecule has 0 spiro atoms. The number of hydrogen-bond acceptors (Lipinski definition) is 4. The van der Waals surface area contributed by atoms with Crippen molar-refractivity contribution in [3.8, 4) is 0 Å². The van der Waals surface area contributed by atoms with Gasteiger partial charge in [0.15, 0.2) is 5.65 Å². The van der Waals surface area contributed by atoms with Gasteiger partial charge in [0.25, 0.3) is 5.91 Å². The standard InChI is InChI=1S/C19H20IN5O2/c1-10-8-13(20)4-6-16(10)24-17(26)7-5-14-11(2)23-19-15(18(21)27)9-22-25(19)12(14)3/h4,6,8-9H,5,7H2,1-3H3,(H2,21,27)(H,24,26). The number of hydrogen-bond donors (Lipinski definition) is 2. The van der Waals surface area contributed by atoms with Gasteiger partial charge in [0.2, 0.25) is 5.91 Å². The first kappa shape index (κ1) is 19.3. The third-order valence-corrected chi connectivity index (χ3v) is 5.21. The maximum atomic E-state index is 12.4. The van der Waals surface area contributed by atoms with Crippen molar-refractivity contribution in [1.82, 2.24) is 14.6 Å². The minimum Gasteiger partial charge on any atom is -0.365 e. The third-order valence-electron chi connectivity index (χ3n) is 4.54. The summed E-state index contributed by atoms with van der Waals surface area (Å²) in [5.74, 6) is -0.618. The van der Waals surface area contributed by atoms with Gasteiger partial charge in [0.05, 0.1) is 6.20 Å². The number of aryl methyl sites for hydroxylation is 3. The summed E-state index contributed by atoms with van der Waals surface area (Å²) in [5, 5.41) is 7.16. The second kappa shape index (κ2) is 7.63. The quantitative estimate of drug-likeness (QED) is 0.552. The smallest absolute Gasteiger partial charge is 0.254 e. The van der Waals surface area contributed by atoms with Gasteiger partial charge in [0, 0.05) is 27.1 Å². The Labute approximate surface area is 170 Å². The highest BCUT2D eigenvalue weighted by Crippen LogP contribution is 2.20. The lowest BCUT2D eigenvalue weighted by Crippen LogP contribution is -2.15. The lowest BCUT2D eigenvalue weighted by atomic mass is 10.1. The van der Waals surface area contributed by atoms with E-state index in [2.05, 4.69) is 38.0 Å². The molecular weight excluding hydrogens is 457 g/mol. The Morgan fingerprint density at radius 1 is 1.26 bits per heavy atom. The number of benzene rings is 1. The van der Waals surface area contributed by atoms with Crippen molar-refractivity contribution in [1.29, 1.82) is 0 Å². The van der Waals surface area contributed by atoms with E-state index >= 15 is 0 Å². The Hall–Kier alpha value is -2.49. The predicted molar refractivity (Wildman–Crippen MR) is 112 cm³/mol. The molecule has 7 nitrogen and oxygen atoms in total. The Morgan fingerprint density at radius 3 is 2.67 bits per heavy atom. The second-order valence-corrected chi connectivity index (χ2v) is 7.67. The van der Waals surface area contributed by atoms with Crippen molar-refractivity contribution in [2.24, 2.45) is 5.73 Å². The van der Waals surface area contributed by atoms with Gasteiger partial charge in [-0.15, -0.1) is 0 Å². The average Bonchev–Trinajstić information content (AvgIpc) is 3.01. The number of nitrogens with two attached hydrogens (primary N) is 1. The Kier molecular flexibility index (Phi) is 5.45. The normalized spacial score (nSPS) is 11.0. The van der Waals surface area contributed by atoms with Crippen LogP contribution in [-0.4, -0.2) is 26.4 Å². The molecule has 140 valence electrons. The van der Waals surface area contributed by atoms with Crippen LogP contribution in [0.15, 0.2) is 24.4 Å². The average molecular weight is 477 g/mol.